The Hall–Kier alpha value is -1.59. The van der Waals surface area contributed by atoms with Crippen molar-refractivity contribution in [1.29, 1.82) is 0 Å². The Morgan fingerprint density at radius 1 is 0.652 bits per heavy atom. The van der Waals surface area contributed by atoms with Crippen molar-refractivity contribution in [3.63, 3.8) is 0 Å². The summed E-state index contributed by atoms with van der Waals surface area (Å²) < 4.78 is 0. The van der Waals surface area contributed by atoms with Gasteiger partial charge in [0.25, 0.3) is 0 Å². The fourth-order valence-electron chi connectivity index (χ4n) is 0.551. The molecule has 0 aliphatic heterocycles. The number of aliphatic carboxylic acids is 4. The normalized spacial score (nSPS) is 9.83. The van der Waals surface area contributed by atoms with E-state index in [0.717, 1.165) is 0 Å². The number of hydrogen-bond donors (Lipinski definition) is 6. The van der Waals surface area contributed by atoms with Crippen LogP contribution in [0.15, 0.2) is 0 Å². The Bertz CT molecular complexity index is 307. The molecule has 2 radical (unpaired) electrons. The van der Waals surface area contributed by atoms with Crippen molar-refractivity contribution in [2.45, 2.75) is 24.9 Å². The Labute approximate surface area is 145 Å². The molecule has 0 aliphatic carbocycles. The molecule has 0 amide bonds. The summed E-state index contributed by atoms with van der Waals surface area (Å²) in [6.45, 7) is 0. The predicted molar refractivity (Wildman–Crippen MR) is 75.9 cm³/mol. The largest absolute Gasteiger partial charge is 0.481 e. The van der Waals surface area contributed by atoms with E-state index in [0.29, 0.717) is 0 Å². The maximum Gasteiger partial charge on any atom is 0.321 e. The van der Waals surface area contributed by atoms with Crippen LogP contribution in [0.2, 0.25) is 0 Å². The summed E-state index contributed by atoms with van der Waals surface area (Å²) >= 11 is 0. The van der Waals surface area contributed by atoms with Crippen LogP contribution in [0.25, 0.3) is 0 Å². The molecule has 2 unspecified atom stereocenters. The van der Waals surface area contributed by atoms with Gasteiger partial charge in [-0.05, 0) is 0 Å². The first-order chi connectivity index (χ1) is 8.07. The minimum atomic E-state index is -1.29. The Morgan fingerprint density at radius 2 is 0.826 bits per heavy atom. The second kappa shape index (κ2) is 22.7. The zero-order valence-corrected chi connectivity index (χ0v) is 13.3. The molecule has 0 saturated carbocycles. The van der Waals surface area contributed by atoms with Gasteiger partial charge < -0.3 is 53.8 Å². The lowest BCUT2D eigenvalue weighted by molar-refractivity contribution is -0.144. The molecule has 0 aromatic rings. The van der Waals surface area contributed by atoms with Crippen LogP contribution in [-0.4, -0.2) is 101 Å². The van der Waals surface area contributed by atoms with Crippen LogP contribution in [-0.2, 0) is 19.2 Å². The van der Waals surface area contributed by atoms with E-state index < -0.39 is 48.8 Å². The van der Waals surface area contributed by atoms with Crippen molar-refractivity contribution in [3.05, 3.63) is 0 Å². The first-order valence-electron chi connectivity index (χ1n) is 4.48. The van der Waals surface area contributed by atoms with Gasteiger partial charge in [-0.2, -0.15) is 0 Å². The number of carboxylic acids is 4. The summed E-state index contributed by atoms with van der Waals surface area (Å²) in [5.41, 5.74) is 9.67. The molecule has 14 nitrogen and oxygen atoms in total. The highest BCUT2D eigenvalue weighted by Gasteiger charge is 2.15. The van der Waals surface area contributed by atoms with Gasteiger partial charge in [0.15, 0.2) is 0 Å². The topological polar surface area (TPSA) is 327 Å². The summed E-state index contributed by atoms with van der Waals surface area (Å²) in [6.07, 6.45) is -1.06. The third-order valence-electron chi connectivity index (χ3n) is 1.42. The molecular weight excluding hydrogens is 340 g/mol. The number of rotatable bonds is 6. The van der Waals surface area contributed by atoms with Gasteiger partial charge >= 0.3 is 23.9 Å². The standard InChI is InChI=1S/2C4H7NO4.Mg.4H2O/c2*5-2(4(8)9)1-3(6)7;;;;;/h2*2H,1,5H2,(H,6,7)(H,8,9);;4*1H2. The molecule has 16 N–H and O–H groups in total. The van der Waals surface area contributed by atoms with E-state index in [1.165, 1.54) is 0 Å². The highest BCUT2D eigenvalue weighted by molar-refractivity contribution is 5.80. The molecule has 0 saturated heterocycles. The fourth-order valence-corrected chi connectivity index (χ4v) is 0.551. The van der Waals surface area contributed by atoms with Gasteiger partial charge in [0.2, 0.25) is 0 Å². The summed E-state index contributed by atoms with van der Waals surface area (Å²) in [6, 6.07) is -2.58. The lowest BCUT2D eigenvalue weighted by Gasteiger charge is -1.99. The first kappa shape index (κ1) is 43.0. The van der Waals surface area contributed by atoms with Crippen LogP contribution < -0.4 is 11.5 Å². The van der Waals surface area contributed by atoms with Gasteiger partial charge in [-0.15, -0.1) is 0 Å². The smallest absolute Gasteiger partial charge is 0.321 e. The van der Waals surface area contributed by atoms with Crippen molar-refractivity contribution in [2.75, 3.05) is 0 Å². The molecule has 0 aliphatic rings. The van der Waals surface area contributed by atoms with Crippen LogP contribution in [0.1, 0.15) is 12.8 Å². The van der Waals surface area contributed by atoms with Gasteiger partial charge in [0.05, 0.1) is 12.8 Å². The second-order valence-electron chi connectivity index (χ2n) is 3.09. The number of carboxylic acid groups (broad SMARTS) is 4. The number of hydrogen-bond acceptors (Lipinski definition) is 6. The fraction of sp³-hybridized carbons (Fsp3) is 0.500. The number of carbonyl (C=O) groups is 4. The van der Waals surface area contributed by atoms with Gasteiger partial charge in [0.1, 0.15) is 12.1 Å². The van der Waals surface area contributed by atoms with E-state index >= 15 is 0 Å². The van der Waals surface area contributed by atoms with E-state index in [1.807, 2.05) is 0 Å². The second-order valence-corrected chi connectivity index (χ2v) is 3.09. The maximum atomic E-state index is 9.85. The van der Waals surface area contributed by atoms with Crippen LogP contribution in [0.4, 0.5) is 0 Å². The monoisotopic (exact) mass is 362 g/mol. The SMILES string of the molecule is NC(CC(=O)O)C(=O)O.NC(CC(=O)O)C(=O)O.O.O.O.O.[Mg]. The summed E-state index contributed by atoms with van der Waals surface area (Å²) in [5, 5.41) is 32.1. The summed E-state index contributed by atoms with van der Waals surface area (Å²) in [4.78, 5) is 39.2. The quantitative estimate of drug-likeness (QED) is 0.242. The van der Waals surface area contributed by atoms with Crippen molar-refractivity contribution >= 4 is 46.9 Å². The highest BCUT2D eigenvalue weighted by atomic mass is 24.3. The zero-order valence-electron chi connectivity index (χ0n) is 11.9. The highest BCUT2D eigenvalue weighted by Crippen LogP contribution is 1.86. The van der Waals surface area contributed by atoms with E-state index in [9.17, 15) is 19.2 Å². The molecule has 0 bridgehead atoms. The molecule has 2 atom stereocenters. The average molecular weight is 363 g/mol. The molecular formula is C8H22MgN2O12. The van der Waals surface area contributed by atoms with Crippen molar-refractivity contribution < 1.29 is 61.5 Å². The third kappa shape index (κ3) is 33.3. The lowest BCUT2D eigenvalue weighted by atomic mass is 10.2. The minimum Gasteiger partial charge on any atom is -0.481 e. The minimum absolute atomic E-state index is 0. The lowest BCUT2D eigenvalue weighted by Crippen LogP contribution is -2.32. The molecule has 0 fully saturated rings. The summed E-state index contributed by atoms with van der Waals surface area (Å²) in [7, 11) is 0. The molecule has 0 spiro atoms. The summed E-state index contributed by atoms with van der Waals surface area (Å²) in [5.74, 6) is -5.00. The predicted octanol–water partition coefficient (Wildman–Crippen LogP) is -5.93. The molecule has 15 heteroatoms. The Morgan fingerprint density at radius 3 is 0.870 bits per heavy atom. The molecule has 23 heavy (non-hydrogen) atoms. The van der Waals surface area contributed by atoms with Crippen molar-refractivity contribution in [1.82, 2.24) is 0 Å². The molecule has 0 aromatic carbocycles. The van der Waals surface area contributed by atoms with E-state index in [2.05, 4.69) is 0 Å². The van der Waals surface area contributed by atoms with Gasteiger partial charge in [-0.25, -0.2) is 0 Å². The molecule has 0 aromatic heterocycles. The van der Waals surface area contributed by atoms with E-state index in [1.54, 1.807) is 0 Å². The van der Waals surface area contributed by atoms with Crippen LogP contribution in [0, 0.1) is 0 Å². The van der Waals surface area contributed by atoms with E-state index in [4.69, 9.17) is 31.9 Å². The van der Waals surface area contributed by atoms with E-state index in [-0.39, 0.29) is 45.0 Å². The average Bonchev–Trinajstić information content (AvgIpc) is 2.16. The molecule has 0 rings (SSSR count). The maximum absolute atomic E-state index is 9.85. The zero-order chi connectivity index (χ0) is 14.9. The third-order valence-corrected chi connectivity index (χ3v) is 1.42. The van der Waals surface area contributed by atoms with Crippen LogP contribution in [0.3, 0.4) is 0 Å². The van der Waals surface area contributed by atoms with Gasteiger partial charge in [-0.1, -0.05) is 0 Å². The first-order valence-corrected chi connectivity index (χ1v) is 4.48. The van der Waals surface area contributed by atoms with Crippen LogP contribution in [0.5, 0.6) is 0 Å². The Kier molecular flexibility index (Phi) is 42.4. The van der Waals surface area contributed by atoms with Gasteiger partial charge in [-0.3, -0.25) is 19.2 Å². The molecule has 138 valence electrons. The van der Waals surface area contributed by atoms with Crippen LogP contribution >= 0.6 is 0 Å². The van der Waals surface area contributed by atoms with Crippen molar-refractivity contribution in [3.8, 4) is 0 Å². The van der Waals surface area contributed by atoms with Gasteiger partial charge in [0, 0.05) is 23.1 Å². The number of nitrogens with two attached hydrogens (primary N) is 2. The molecule has 0 heterocycles. The Balaban J connectivity index is -0.0000000366. The van der Waals surface area contributed by atoms with Crippen molar-refractivity contribution in [2.24, 2.45) is 11.5 Å².